The van der Waals surface area contributed by atoms with E-state index < -0.39 is 0 Å². The predicted octanol–water partition coefficient (Wildman–Crippen LogP) is 3.06. The van der Waals surface area contributed by atoms with Gasteiger partial charge in [-0.2, -0.15) is 0 Å². The second-order valence-corrected chi connectivity index (χ2v) is 9.58. The number of benzene rings is 1. The lowest BCUT2D eigenvalue weighted by Gasteiger charge is -2.43. The summed E-state index contributed by atoms with van der Waals surface area (Å²) in [7, 11) is 3.06. The first-order valence-corrected chi connectivity index (χ1v) is 12.5. The fourth-order valence-electron chi connectivity index (χ4n) is 5.08. The Labute approximate surface area is 205 Å². The van der Waals surface area contributed by atoms with Gasteiger partial charge in [0.1, 0.15) is 0 Å². The van der Waals surface area contributed by atoms with Gasteiger partial charge in [-0.15, -0.1) is 0 Å². The third-order valence-corrected chi connectivity index (χ3v) is 7.78. The summed E-state index contributed by atoms with van der Waals surface area (Å²) in [6.07, 6.45) is 7.44. The van der Waals surface area contributed by atoms with Crippen molar-refractivity contribution in [1.29, 1.82) is 0 Å². The third-order valence-electron chi connectivity index (χ3n) is 7.40. The van der Waals surface area contributed by atoms with Gasteiger partial charge in [0.05, 0.1) is 30.5 Å². The number of ether oxygens (including phenoxy) is 2. The van der Waals surface area contributed by atoms with Crippen LogP contribution in [0.15, 0.2) is 18.3 Å². The molecule has 182 valence electrons. The quantitative estimate of drug-likeness (QED) is 0.644. The maximum atomic E-state index is 13.3. The van der Waals surface area contributed by atoms with Crippen LogP contribution in [0.1, 0.15) is 40.9 Å². The van der Waals surface area contributed by atoms with Crippen LogP contribution in [0.2, 0.25) is 5.02 Å². The van der Waals surface area contributed by atoms with Crippen LogP contribution >= 0.6 is 11.6 Å². The Bertz CT molecular complexity index is 1050. The Hall–Kier alpha value is -2.58. The zero-order valence-corrected chi connectivity index (χ0v) is 20.7. The number of carbonyl (C=O) groups excluding carboxylic acids is 1. The third kappa shape index (κ3) is 4.41. The molecular formula is C25H32ClN5O3. The highest BCUT2D eigenvalue weighted by Gasteiger charge is 2.29. The fourth-order valence-corrected chi connectivity index (χ4v) is 5.40. The molecule has 0 radical (unpaired) electrons. The number of methoxy groups -OCH3 is 2. The van der Waals surface area contributed by atoms with Crippen molar-refractivity contribution in [2.45, 2.75) is 38.1 Å². The summed E-state index contributed by atoms with van der Waals surface area (Å²) in [4.78, 5) is 29.7. The molecule has 34 heavy (non-hydrogen) atoms. The molecule has 1 aromatic heterocycles. The van der Waals surface area contributed by atoms with Crippen molar-refractivity contribution >= 4 is 23.5 Å². The fraction of sp³-hybridized carbons (Fsp3) is 0.560. The highest BCUT2D eigenvalue weighted by atomic mass is 35.5. The monoisotopic (exact) mass is 485 g/mol. The van der Waals surface area contributed by atoms with Gasteiger partial charge in [0.15, 0.2) is 11.5 Å². The summed E-state index contributed by atoms with van der Waals surface area (Å²) in [6.45, 7) is 5.29. The molecule has 1 aromatic carbocycles. The zero-order chi connectivity index (χ0) is 23.7. The second kappa shape index (κ2) is 9.96. The van der Waals surface area contributed by atoms with Crippen LogP contribution < -0.4 is 14.4 Å². The SMILES string of the molecule is COc1ccc(C(=O)N2CCc3cnc(N4CCN(C5CCC5)CC4)nc3CC2)c(Cl)c1OC. The number of hydrogen-bond acceptors (Lipinski definition) is 7. The summed E-state index contributed by atoms with van der Waals surface area (Å²) in [5.74, 6) is 1.58. The molecule has 0 bridgehead atoms. The van der Waals surface area contributed by atoms with E-state index in [9.17, 15) is 4.79 Å². The number of nitrogens with zero attached hydrogens (tertiary/aromatic N) is 5. The van der Waals surface area contributed by atoms with E-state index in [0.29, 0.717) is 36.6 Å². The molecule has 1 aliphatic carbocycles. The van der Waals surface area contributed by atoms with Crippen molar-refractivity contribution in [2.75, 3.05) is 58.4 Å². The first-order valence-electron chi connectivity index (χ1n) is 12.1. The molecule has 0 N–H and O–H groups in total. The van der Waals surface area contributed by atoms with Gasteiger partial charge in [-0.3, -0.25) is 9.69 Å². The molecule has 2 aliphatic heterocycles. The van der Waals surface area contributed by atoms with Crippen LogP contribution in [0.4, 0.5) is 5.95 Å². The largest absolute Gasteiger partial charge is 0.493 e. The number of rotatable bonds is 5. The molecule has 0 unspecified atom stereocenters. The molecule has 0 atom stereocenters. The van der Waals surface area contributed by atoms with Gasteiger partial charge < -0.3 is 19.3 Å². The molecule has 1 amide bonds. The minimum absolute atomic E-state index is 0.112. The molecular weight excluding hydrogens is 454 g/mol. The Balaban J connectivity index is 1.26. The highest BCUT2D eigenvalue weighted by Crippen LogP contribution is 2.38. The van der Waals surface area contributed by atoms with E-state index in [1.54, 1.807) is 19.2 Å². The molecule has 8 nitrogen and oxygen atoms in total. The zero-order valence-electron chi connectivity index (χ0n) is 19.9. The van der Waals surface area contributed by atoms with Crippen LogP contribution in [0, 0.1) is 0 Å². The van der Waals surface area contributed by atoms with Gasteiger partial charge in [0.2, 0.25) is 5.95 Å². The van der Waals surface area contributed by atoms with Crippen LogP contribution in [0.5, 0.6) is 11.5 Å². The summed E-state index contributed by atoms with van der Waals surface area (Å²) >= 11 is 6.50. The Morgan fingerprint density at radius 1 is 1.03 bits per heavy atom. The molecule has 5 rings (SSSR count). The molecule has 2 aromatic rings. The van der Waals surface area contributed by atoms with Crippen LogP contribution in [0.25, 0.3) is 0 Å². The molecule has 9 heteroatoms. The predicted molar refractivity (Wildman–Crippen MR) is 131 cm³/mol. The summed E-state index contributed by atoms with van der Waals surface area (Å²) in [5, 5.41) is 0.275. The molecule has 3 heterocycles. The van der Waals surface area contributed by atoms with Gasteiger partial charge in [0, 0.05) is 57.9 Å². The summed E-state index contributed by atoms with van der Waals surface area (Å²) in [6, 6.07) is 4.20. The lowest BCUT2D eigenvalue weighted by Crippen LogP contribution is -2.52. The smallest absolute Gasteiger partial charge is 0.255 e. The van der Waals surface area contributed by atoms with Crippen molar-refractivity contribution in [3.05, 3.63) is 40.2 Å². The van der Waals surface area contributed by atoms with E-state index >= 15 is 0 Å². The minimum atomic E-state index is -0.112. The Morgan fingerprint density at radius 2 is 1.79 bits per heavy atom. The molecule has 1 saturated carbocycles. The van der Waals surface area contributed by atoms with Crippen LogP contribution in [-0.4, -0.2) is 85.2 Å². The van der Waals surface area contributed by atoms with Crippen LogP contribution in [0.3, 0.4) is 0 Å². The average Bonchev–Trinajstić information content (AvgIpc) is 3.05. The van der Waals surface area contributed by atoms with Crippen LogP contribution in [-0.2, 0) is 12.8 Å². The van der Waals surface area contributed by atoms with E-state index in [4.69, 9.17) is 26.1 Å². The van der Waals surface area contributed by atoms with Gasteiger partial charge in [-0.25, -0.2) is 9.97 Å². The number of fused-ring (bicyclic) bond motifs is 1. The number of aromatic nitrogens is 2. The topological polar surface area (TPSA) is 71.0 Å². The number of anilines is 1. The van der Waals surface area contributed by atoms with Gasteiger partial charge in [0.25, 0.3) is 5.91 Å². The van der Waals surface area contributed by atoms with Crippen molar-refractivity contribution in [2.24, 2.45) is 0 Å². The first-order chi connectivity index (χ1) is 16.6. The Morgan fingerprint density at radius 3 is 2.47 bits per heavy atom. The van der Waals surface area contributed by atoms with E-state index in [0.717, 1.165) is 55.8 Å². The van der Waals surface area contributed by atoms with Gasteiger partial charge in [-0.1, -0.05) is 18.0 Å². The molecule has 1 saturated heterocycles. The number of amides is 1. The molecule has 0 spiro atoms. The highest BCUT2D eigenvalue weighted by molar-refractivity contribution is 6.35. The number of hydrogen-bond donors (Lipinski definition) is 0. The second-order valence-electron chi connectivity index (χ2n) is 9.20. The summed E-state index contributed by atoms with van der Waals surface area (Å²) in [5.41, 5.74) is 2.58. The lowest BCUT2D eigenvalue weighted by atomic mass is 9.91. The van der Waals surface area contributed by atoms with Gasteiger partial charge in [-0.05, 0) is 37.0 Å². The summed E-state index contributed by atoms with van der Waals surface area (Å²) < 4.78 is 10.7. The van der Waals surface area contributed by atoms with E-state index in [2.05, 4.69) is 14.8 Å². The van der Waals surface area contributed by atoms with E-state index in [-0.39, 0.29) is 10.9 Å². The van der Waals surface area contributed by atoms with Crippen molar-refractivity contribution in [1.82, 2.24) is 19.8 Å². The van der Waals surface area contributed by atoms with E-state index in [1.165, 1.54) is 26.4 Å². The first kappa shape index (κ1) is 23.2. The van der Waals surface area contributed by atoms with Crippen molar-refractivity contribution in [3.8, 4) is 11.5 Å². The average molecular weight is 486 g/mol. The van der Waals surface area contributed by atoms with E-state index in [1.807, 2.05) is 11.1 Å². The number of piperazine rings is 1. The normalized spacial score (nSPS) is 19.3. The number of halogens is 1. The van der Waals surface area contributed by atoms with Crippen molar-refractivity contribution < 1.29 is 14.3 Å². The van der Waals surface area contributed by atoms with Crippen molar-refractivity contribution in [3.63, 3.8) is 0 Å². The maximum absolute atomic E-state index is 13.3. The maximum Gasteiger partial charge on any atom is 0.255 e. The lowest BCUT2D eigenvalue weighted by molar-refractivity contribution is 0.0762. The minimum Gasteiger partial charge on any atom is -0.493 e. The van der Waals surface area contributed by atoms with Gasteiger partial charge >= 0.3 is 0 Å². The molecule has 2 fully saturated rings. The number of carbonyl (C=O) groups is 1. The molecule has 3 aliphatic rings. The standard InChI is InChI=1S/C25H32ClN5O3/c1-33-21-7-6-19(22(26)23(21)34-2)24(32)30-10-8-17-16-27-25(28-20(17)9-11-30)31-14-12-29(13-15-31)18-4-3-5-18/h6-7,16,18H,3-5,8-15H2,1-2H3. The Kier molecular flexibility index (Phi) is 6.79.